The molecule has 0 aliphatic heterocycles. The summed E-state index contributed by atoms with van der Waals surface area (Å²) in [6.45, 7) is 0. The molecule has 2 heterocycles. The molecule has 0 aliphatic rings. The number of hydrogen-bond donors (Lipinski definition) is 2. The number of ether oxygens (including phenoxy) is 1. The molecule has 1 aromatic carbocycles. The van der Waals surface area contributed by atoms with Crippen molar-refractivity contribution in [1.82, 2.24) is 9.97 Å². The van der Waals surface area contributed by atoms with Crippen molar-refractivity contribution in [2.75, 3.05) is 5.32 Å². The maximum absolute atomic E-state index is 12.0. The maximum Gasteiger partial charge on any atom is 0.574 e. The summed E-state index contributed by atoms with van der Waals surface area (Å²) < 4.78 is 39.8. The number of rotatable bonds is 4. The van der Waals surface area contributed by atoms with Crippen LogP contribution in [0.5, 0.6) is 5.88 Å². The molecule has 0 bridgehead atoms. The Morgan fingerprint density at radius 2 is 2.04 bits per heavy atom. The molecule has 0 aliphatic carbocycles. The molecular weight excluding hydrogens is 323 g/mol. The van der Waals surface area contributed by atoms with Crippen LogP contribution in [0.2, 0.25) is 0 Å². The molecule has 3 rings (SSSR count). The number of carbonyl (C=O) groups is 1. The Balaban J connectivity index is 1.61. The number of anilines is 1. The fourth-order valence-corrected chi connectivity index (χ4v) is 2.24. The quantitative estimate of drug-likeness (QED) is 0.765. The Bertz CT molecular complexity index is 857. The van der Waals surface area contributed by atoms with Crippen molar-refractivity contribution in [2.45, 2.75) is 12.8 Å². The van der Waals surface area contributed by atoms with Gasteiger partial charge in [-0.15, -0.1) is 13.2 Å². The van der Waals surface area contributed by atoms with E-state index in [9.17, 15) is 18.0 Å². The topological polar surface area (TPSA) is 67.0 Å². The predicted molar refractivity (Wildman–Crippen MR) is 81.6 cm³/mol. The van der Waals surface area contributed by atoms with Crippen LogP contribution in [0.25, 0.3) is 10.9 Å². The van der Waals surface area contributed by atoms with Gasteiger partial charge in [0.2, 0.25) is 11.8 Å². The van der Waals surface area contributed by atoms with Gasteiger partial charge in [-0.1, -0.05) is 6.07 Å². The van der Waals surface area contributed by atoms with Gasteiger partial charge >= 0.3 is 6.36 Å². The van der Waals surface area contributed by atoms with Crippen molar-refractivity contribution in [3.05, 3.63) is 54.4 Å². The van der Waals surface area contributed by atoms with Crippen LogP contribution in [0.15, 0.2) is 48.8 Å². The van der Waals surface area contributed by atoms with Gasteiger partial charge in [0.15, 0.2) is 0 Å². The monoisotopic (exact) mass is 335 g/mol. The van der Waals surface area contributed by atoms with Gasteiger partial charge in [-0.3, -0.25) is 4.79 Å². The summed E-state index contributed by atoms with van der Waals surface area (Å²) in [6, 6.07) is 9.83. The van der Waals surface area contributed by atoms with E-state index in [-0.39, 0.29) is 18.0 Å². The van der Waals surface area contributed by atoms with Gasteiger partial charge in [0.05, 0.1) is 18.3 Å². The number of nitrogens with one attached hydrogen (secondary N) is 2. The van der Waals surface area contributed by atoms with Crippen LogP contribution in [0.4, 0.5) is 18.9 Å². The molecule has 0 atom stereocenters. The summed E-state index contributed by atoms with van der Waals surface area (Å²) in [5, 5.41) is 3.57. The third kappa shape index (κ3) is 4.03. The van der Waals surface area contributed by atoms with Gasteiger partial charge in [0.1, 0.15) is 0 Å². The Morgan fingerprint density at radius 1 is 1.21 bits per heavy atom. The average molecular weight is 335 g/mol. The second-order valence-electron chi connectivity index (χ2n) is 5.06. The smallest absolute Gasteiger partial charge is 0.388 e. The number of pyridine rings is 1. The first-order valence-electron chi connectivity index (χ1n) is 6.97. The molecule has 0 unspecified atom stereocenters. The summed E-state index contributed by atoms with van der Waals surface area (Å²) in [5.41, 5.74) is 2.09. The molecular formula is C16H12F3N3O2. The predicted octanol–water partition coefficient (Wildman–Crippen LogP) is 3.64. The van der Waals surface area contributed by atoms with Crippen molar-refractivity contribution in [3.63, 3.8) is 0 Å². The lowest BCUT2D eigenvalue weighted by atomic mass is 10.1. The number of amides is 1. The van der Waals surface area contributed by atoms with E-state index in [2.05, 4.69) is 20.0 Å². The maximum atomic E-state index is 12.0. The fourth-order valence-electron chi connectivity index (χ4n) is 2.24. The van der Waals surface area contributed by atoms with Crippen molar-refractivity contribution < 1.29 is 22.7 Å². The molecule has 0 fully saturated rings. The van der Waals surface area contributed by atoms with E-state index in [4.69, 9.17) is 0 Å². The molecule has 0 saturated heterocycles. The standard InChI is InChI=1S/C16H12F3N3O2/c17-16(18,19)24-15-4-2-12(9-21-15)22-14(23)8-10-1-3-13-11(7-10)5-6-20-13/h1-7,9,20H,8H2,(H,22,23). The highest BCUT2D eigenvalue weighted by atomic mass is 19.4. The highest BCUT2D eigenvalue weighted by Crippen LogP contribution is 2.21. The van der Waals surface area contributed by atoms with E-state index in [1.807, 2.05) is 30.5 Å². The second kappa shape index (κ2) is 6.23. The normalized spacial score (nSPS) is 11.5. The zero-order valence-electron chi connectivity index (χ0n) is 12.2. The molecule has 1 amide bonds. The number of aromatic nitrogens is 2. The summed E-state index contributed by atoms with van der Waals surface area (Å²) >= 11 is 0. The molecule has 3 aromatic rings. The molecule has 2 aromatic heterocycles. The number of aromatic amines is 1. The largest absolute Gasteiger partial charge is 0.574 e. The van der Waals surface area contributed by atoms with Crippen LogP contribution in [0.1, 0.15) is 5.56 Å². The van der Waals surface area contributed by atoms with Crippen molar-refractivity contribution in [3.8, 4) is 5.88 Å². The Labute approximate surface area is 134 Å². The van der Waals surface area contributed by atoms with Gasteiger partial charge < -0.3 is 15.0 Å². The minimum atomic E-state index is -4.80. The van der Waals surface area contributed by atoms with E-state index in [1.165, 1.54) is 6.07 Å². The third-order valence-corrected chi connectivity index (χ3v) is 3.22. The number of carbonyl (C=O) groups excluding carboxylic acids is 1. The molecule has 0 radical (unpaired) electrons. The second-order valence-corrected chi connectivity index (χ2v) is 5.06. The lowest BCUT2D eigenvalue weighted by molar-refractivity contribution is -0.276. The molecule has 24 heavy (non-hydrogen) atoms. The number of alkyl halides is 3. The van der Waals surface area contributed by atoms with Crippen molar-refractivity contribution in [1.29, 1.82) is 0 Å². The first-order valence-corrected chi connectivity index (χ1v) is 6.97. The van der Waals surface area contributed by atoms with Gasteiger partial charge in [-0.2, -0.15) is 0 Å². The Hall–Kier alpha value is -3.03. The summed E-state index contributed by atoms with van der Waals surface area (Å²) in [5.74, 6) is -0.880. The number of hydrogen-bond acceptors (Lipinski definition) is 3. The summed E-state index contributed by atoms with van der Waals surface area (Å²) in [4.78, 5) is 18.6. The Kier molecular flexibility index (Phi) is 4.11. The lowest BCUT2D eigenvalue weighted by Crippen LogP contribution is -2.18. The number of benzene rings is 1. The van der Waals surface area contributed by atoms with E-state index in [1.54, 1.807) is 0 Å². The number of halogens is 3. The first kappa shape index (κ1) is 15.9. The third-order valence-electron chi connectivity index (χ3n) is 3.22. The van der Waals surface area contributed by atoms with E-state index < -0.39 is 12.2 Å². The van der Waals surface area contributed by atoms with Gasteiger partial charge in [-0.05, 0) is 35.2 Å². The number of fused-ring (bicyclic) bond motifs is 1. The Morgan fingerprint density at radius 3 is 2.75 bits per heavy atom. The van der Waals surface area contributed by atoms with Crippen LogP contribution in [0.3, 0.4) is 0 Å². The highest BCUT2D eigenvalue weighted by Gasteiger charge is 2.31. The minimum Gasteiger partial charge on any atom is -0.388 e. The molecule has 5 nitrogen and oxygen atoms in total. The van der Waals surface area contributed by atoms with Gasteiger partial charge in [-0.25, -0.2) is 4.98 Å². The first-order chi connectivity index (χ1) is 11.4. The molecule has 8 heteroatoms. The number of nitrogens with zero attached hydrogens (tertiary/aromatic N) is 1. The zero-order chi connectivity index (χ0) is 17.2. The SMILES string of the molecule is O=C(Cc1ccc2[nH]ccc2c1)Nc1ccc(OC(F)(F)F)nc1. The van der Waals surface area contributed by atoms with Gasteiger partial charge in [0.25, 0.3) is 0 Å². The van der Waals surface area contributed by atoms with E-state index in [0.717, 1.165) is 28.7 Å². The van der Waals surface area contributed by atoms with Crippen LogP contribution < -0.4 is 10.1 Å². The van der Waals surface area contributed by atoms with Crippen LogP contribution in [-0.4, -0.2) is 22.2 Å². The van der Waals surface area contributed by atoms with Gasteiger partial charge in [0, 0.05) is 17.8 Å². The molecule has 124 valence electrons. The summed E-state index contributed by atoms with van der Waals surface area (Å²) in [6.07, 6.45) is -1.74. The average Bonchev–Trinajstić information content (AvgIpc) is 2.95. The fraction of sp³-hybridized carbons (Fsp3) is 0.125. The van der Waals surface area contributed by atoms with E-state index in [0.29, 0.717) is 0 Å². The zero-order valence-corrected chi connectivity index (χ0v) is 12.2. The van der Waals surface area contributed by atoms with E-state index >= 15 is 0 Å². The van der Waals surface area contributed by atoms with Crippen molar-refractivity contribution in [2.24, 2.45) is 0 Å². The molecule has 0 spiro atoms. The van der Waals surface area contributed by atoms with Crippen LogP contribution in [-0.2, 0) is 11.2 Å². The summed E-state index contributed by atoms with van der Waals surface area (Å²) in [7, 11) is 0. The minimum absolute atomic E-state index is 0.141. The number of H-pyrrole nitrogens is 1. The molecule has 0 saturated carbocycles. The molecule has 2 N–H and O–H groups in total. The van der Waals surface area contributed by atoms with Crippen molar-refractivity contribution >= 4 is 22.5 Å². The van der Waals surface area contributed by atoms with Crippen LogP contribution in [0, 0.1) is 0 Å². The van der Waals surface area contributed by atoms with Crippen LogP contribution >= 0.6 is 0 Å². The lowest BCUT2D eigenvalue weighted by Gasteiger charge is -2.09. The highest BCUT2D eigenvalue weighted by molar-refractivity contribution is 5.93.